The molecule has 0 aliphatic carbocycles. The predicted octanol–water partition coefficient (Wildman–Crippen LogP) is 3.45. The average molecular weight is 412 g/mol. The molecular formula is C23H29N3O4. The Morgan fingerprint density at radius 1 is 1.10 bits per heavy atom. The zero-order chi connectivity index (χ0) is 21.8. The Hall–Kier alpha value is -3.35. The summed E-state index contributed by atoms with van der Waals surface area (Å²) in [6.07, 6.45) is 4.64. The first kappa shape index (κ1) is 22.9. The van der Waals surface area contributed by atoms with Gasteiger partial charge in [0.2, 0.25) is 0 Å². The molecule has 7 nitrogen and oxygen atoms in total. The molecule has 0 aliphatic heterocycles. The molecule has 160 valence electrons. The Kier molecular flexibility index (Phi) is 9.37. The van der Waals surface area contributed by atoms with Gasteiger partial charge in [0.05, 0.1) is 26.5 Å². The van der Waals surface area contributed by atoms with Gasteiger partial charge in [-0.05, 0) is 37.6 Å². The third kappa shape index (κ3) is 7.24. The van der Waals surface area contributed by atoms with Crippen molar-refractivity contribution in [3.63, 3.8) is 0 Å². The quantitative estimate of drug-likeness (QED) is 0.337. The first-order valence-corrected chi connectivity index (χ1v) is 10.0. The van der Waals surface area contributed by atoms with E-state index in [0.717, 1.165) is 24.8 Å². The Morgan fingerprint density at radius 3 is 2.57 bits per heavy atom. The van der Waals surface area contributed by atoms with E-state index >= 15 is 0 Å². The minimum atomic E-state index is -0.431. The fourth-order valence-electron chi connectivity index (χ4n) is 2.66. The van der Waals surface area contributed by atoms with Gasteiger partial charge in [0, 0.05) is 11.1 Å². The van der Waals surface area contributed by atoms with Gasteiger partial charge in [0.15, 0.2) is 11.5 Å². The fourth-order valence-corrected chi connectivity index (χ4v) is 2.66. The van der Waals surface area contributed by atoms with Crippen LogP contribution in [0.4, 0.5) is 0 Å². The summed E-state index contributed by atoms with van der Waals surface area (Å²) >= 11 is 0. The van der Waals surface area contributed by atoms with E-state index in [4.69, 9.17) is 9.47 Å². The fraction of sp³-hybridized carbons (Fsp3) is 0.348. The van der Waals surface area contributed by atoms with Crippen LogP contribution in [0.3, 0.4) is 0 Å². The normalized spacial score (nSPS) is 10.6. The first-order valence-electron chi connectivity index (χ1n) is 10.0. The van der Waals surface area contributed by atoms with E-state index in [1.807, 2.05) is 37.3 Å². The highest BCUT2D eigenvalue weighted by molar-refractivity contribution is 5.96. The second kappa shape index (κ2) is 12.3. The van der Waals surface area contributed by atoms with Crippen LogP contribution >= 0.6 is 0 Å². The van der Waals surface area contributed by atoms with Crippen LogP contribution in [0.2, 0.25) is 0 Å². The van der Waals surface area contributed by atoms with Crippen LogP contribution in [-0.2, 0) is 4.79 Å². The van der Waals surface area contributed by atoms with Crippen LogP contribution in [0.5, 0.6) is 11.5 Å². The van der Waals surface area contributed by atoms with Crippen LogP contribution in [0, 0.1) is 6.92 Å². The maximum absolute atomic E-state index is 12.1. The number of ether oxygens (including phenoxy) is 2. The Labute approximate surface area is 177 Å². The molecule has 2 aromatic carbocycles. The standard InChI is InChI=1S/C23H29N3O4/c1-4-5-6-14-30-22-19(8-7-9-20(22)29-3)15-25-26-21(27)16-24-23(28)18-12-10-17(2)11-13-18/h7-13,15H,4-6,14,16H2,1-3H3,(H,24,28)(H,26,27). The number of para-hydroxylation sites is 1. The molecule has 0 unspecified atom stereocenters. The van der Waals surface area contributed by atoms with Gasteiger partial charge < -0.3 is 14.8 Å². The Bertz CT molecular complexity index is 863. The monoisotopic (exact) mass is 411 g/mol. The van der Waals surface area contributed by atoms with E-state index in [2.05, 4.69) is 22.8 Å². The van der Waals surface area contributed by atoms with Crippen LogP contribution in [-0.4, -0.2) is 38.3 Å². The molecule has 0 atom stereocenters. The van der Waals surface area contributed by atoms with Gasteiger partial charge in [0.1, 0.15) is 0 Å². The lowest BCUT2D eigenvalue weighted by atomic mass is 10.1. The van der Waals surface area contributed by atoms with Crippen molar-refractivity contribution in [2.45, 2.75) is 33.1 Å². The summed E-state index contributed by atoms with van der Waals surface area (Å²) in [4.78, 5) is 24.0. The summed E-state index contributed by atoms with van der Waals surface area (Å²) in [5.41, 5.74) is 4.66. The molecular weight excluding hydrogens is 382 g/mol. The number of carbonyl (C=O) groups excluding carboxylic acids is 2. The second-order valence-electron chi connectivity index (χ2n) is 6.78. The highest BCUT2D eigenvalue weighted by Crippen LogP contribution is 2.30. The van der Waals surface area contributed by atoms with Crippen molar-refractivity contribution in [3.05, 3.63) is 59.2 Å². The van der Waals surface area contributed by atoms with Gasteiger partial charge >= 0.3 is 0 Å². The summed E-state index contributed by atoms with van der Waals surface area (Å²) in [5, 5.41) is 6.54. The summed E-state index contributed by atoms with van der Waals surface area (Å²) in [5.74, 6) is 0.443. The van der Waals surface area contributed by atoms with Crippen LogP contribution < -0.4 is 20.2 Å². The molecule has 0 aliphatic rings. The summed E-state index contributed by atoms with van der Waals surface area (Å²) in [6, 6.07) is 12.6. The molecule has 2 amide bonds. The number of amides is 2. The van der Waals surface area contributed by atoms with E-state index in [1.54, 1.807) is 19.2 Å². The molecule has 30 heavy (non-hydrogen) atoms. The topological polar surface area (TPSA) is 89.0 Å². The van der Waals surface area contributed by atoms with Crippen molar-refractivity contribution in [1.82, 2.24) is 10.7 Å². The number of unbranched alkanes of at least 4 members (excludes halogenated alkanes) is 2. The van der Waals surface area contributed by atoms with Gasteiger partial charge in [-0.25, -0.2) is 5.43 Å². The number of hydrogen-bond donors (Lipinski definition) is 2. The van der Waals surface area contributed by atoms with Gasteiger partial charge in [-0.2, -0.15) is 5.10 Å². The van der Waals surface area contributed by atoms with Crippen LogP contribution in [0.15, 0.2) is 47.6 Å². The lowest BCUT2D eigenvalue weighted by Gasteiger charge is -2.13. The number of hydrazone groups is 1. The number of methoxy groups -OCH3 is 1. The lowest BCUT2D eigenvalue weighted by molar-refractivity contribution is -0.120. The lowest BCUT2D eigenvalue weighted by Crippen LogP contribution is -2.34. The average Bonchev–Trinajstić information content (AvgIpc) is 2.76. The number of nitrogens with one attached hydrogen (secondary N) is 2. The van der Waals surface area contributed by atoms with Crippen molar-refractivity contribution in [1.29, 1.82) is 0 Å². The number of aryl methyl sites for hydroxylation is 1. The SMILES string of the molecule is CCCCCOc1c(C=NNC(=O)CNC(=O)c2ccc(C)cc2)cccc1OC. The smallest absolute Gasteiger partial charge is 0.259 e. The molecule has 2 aromatic rings. The van der Waals surface area contributed by atoms with Crippen molar-refractivity contribution < 1.29 is 19.1 Å². The largest absolute Gasteiger partial charge is 0.493 e. The summed E-state index contributed by atoms with van der Waals surface area (Å²) < 4.78 is 11.2. The number of nitrogens with zero attached hydrogens (tertiary/aromatic N) is 1. The molecule has 2 rings (SSSR count). The second-order valence-corrected chi connectivity index (χ2v) is 6.78. The van der Waals surface area contributed by atoms with Crippen LogP contribution in [0.25, 0.3) is 0 Å². The zero-order valence-corrected chi connectivity index (χ0v) is 17.7. The van der Waals surface area contributed by atoms with Gasteiger partial charge in [-0.3, -0.25) is 9.59 Å². The highest BCUT2D eigenvalue weighted by Gasteiger charge is 2.10. The third-order valence-electron chi connectivity index (χ3n) is 4.34. The van der Waals surface area contributed by atoms with Crippen molar-refractivity contribution in [3.8, 4) is 11.5 Å². The van der Waals surface area contributed by atoms with E-state index in [0.29, 0.717) is 29.2 Å². The van der Waals surface area contributed by atoms with Crippen molar-refractivity contribution in [2.75, 3.05) is 20.3 Å². The van der Waals surface area contributed by atoms with Crippen molar-refractivity contribution >= 4 is 18.0 Å². The highest BCUT2D eigenvalue weighted by atomic mass is 16.5. The predicted molar refractivity (Wildman–Crippen MR) is 117 cm³/mol. The van der Waals surface area contributed by atoms with Gasteiger partial charge in [-0.15, -0.1) is 0 Å². The van der Waals surface area contributed by atoms with E-state index in [9.17, 15) is 9.59 Å². The molecule has 0 bridgehead atoms. The molecule has 7 heteroatoms. The minimum absolute atomic E-state index is 0.178. The third-order valence-corrected chi connectivity index (χ3v) is 4.34. The number of carbonyl (C=O) groups is 2. The van der Waals surface area contributed by atoms with E-state index in [1.165, 1.54) is 6.21 Å². The van der Waals surface area contributed by atoms with Gasteiger partial charge in [0.25, 0.3) is 11.8 Å². The molecule has 0 saturated heterocycles. The number of rotatable bonds is 11. The van der Waals surface area contributed by atoms with E-state index < -0.39 is 5.91 Å². The molecule has 2 N–H and O–H groups in total. The van der Waals surface area contributed by atoms with E-state index in [-0.39, 0.29) is 12.5 Å². The number of benzene rings is 2. The molecule has 0 saturated carbocycles. The maximum Gasteiger partial charge on any atom is 0.259 e. The molecule has 0 fully saturated rings. The molecule has 0 aromatic heterocycles. The van der Waals surface area contributed by atoms with Crippen molar-refractivity contribution in [2.24, 2.45) is 5.10 Å². The summed E-state index contributed by atoms with van der Waals surface area (Å²) in [6.45, 7) is 4.47. The Morgan fingerprint density at radius 2 is 1.87 bits per heavy atom. The van der Waals surface area contributed by atoms with Gasteiger partial charge in [-0.1, -0.05) is 43.5 Å². The van der Waals surface area contributed by atoms with Crippen LogP contribution in [0.1, 0.15) is 47.7 Å². The maximum atomic E-state index is 12.1. The molecule has 0 radical (unpaired) electrons. The Balaban J connectivity index is 1.89. The number of hydrogen-bond acceptors (Lipinski definition) is 5. The molecule has 0 spiro atoms. The zero-order valence-electron chi connectivity index (χ0n) is 17.7. The summed E-state index contributed by atoms with van der Waals surface area (Å²) in [7, 11) is 1.58. The first-order chi connectivity index (χ1) is 14.5. The minimum Gasteiger partial charge on any atom is -0.493 e. The molecule has 0 heterocycles.